The van der Waals surface area contributed by atoms with Crippen molar-refractivity contribution in [2.45, 2.75) is 46.2 Å². The largest absolute Gasteiger partial charge is 0.335 e. The maximum absolute atomic E-state index is 4.50. The van der Waals surface area contributed by atoms with Crippen LogP contribution in [0.5, 0.6) is 0 Å². The van der Waals surface area contributed by atoms with E-state index in [1.165, 1.54) is 11.1 Å². The molecule has 1 aromatic heterocycles. The van der Waals surface area contributed by atoms with Gasteiger partial charge in [-0.1, -0.05) is 36.8 Å². The summed E-state index contributed by atoms with van der Waals surface area (Å²) < 4.78 is 2.22. The number of aromatic nitrogens is 2. The van der Waals surface area contributed by atoms with Gasteiger partial charge in [-0.2, -0.15) is 0 Å². The van der Waals surface area contributed by atoms with E-state index in [0.29, 0.717) is 6.04 Å². The maximum Gasteiger partial charge on any atom is 0.110 e. The van der Waals surface area contributed by atoms with Crippen molar-refractivity contribution in [3.8, 4) is 0 Å². The van der Waals surface area contributed by atoms with Gasteiger partial charge in [0.05, 0.1) is 0 Å². The second kappa shape index (κ2) is 7.25. The fourth-order valence-electron chi connectivity index (χ4n) is 2.43. The Labute approximate surface area is 122 Å². The van der Waals surface area contributed by atoms with E-state index in [9.17, 15) is 0 Å². The molecule has 1 heterocycles. The lowest BCUT2D eigenvalue weighted by molar-refractivity contribution is 0.506. The van der Waals surface area contributed by atoms with Crippen LogP contribution in [0.2, 0.25) is 0 Å². The number of hydrogen-bond acceptors (Lipinski definition) is 2. The highest BCUT2D eigenvalue weighted by atomic mass is 15.1. The maximum atomic E-state index is 4.50. The van der Waals surface area contributed by atoms with Gasteiger partial charge in [0.15, 0.2) is 0 Å². The highest BCUT2D eigenvalue weighted by molar-refractivity contribution is 5.25. The Morgan fingerprint density at radius 3 is 2.60 bits per heavy atom. The van der Waals surface area contributed by atoms with Gasteiger partial charge in [0, 0.05) is 31.4 Å². The first kappa shape index (κ1) is 14.8. The number of nitrogens with one attached hydrogen (secondary N) is 1. The molecule has 0 aliphatic carbocycles. The number of hydrogen-bond donors (Lipinski definition) is 1. The Bertz CT molecular complexity index is 513. The minimum atomic E-state index is 0.336. The van der Waals surface area contributed by atoms with Crippen LogP contribution in [0.1, 0.15) is 43.3 Å². The van der Waals surface area contributed by atoms with Gasteiger partial charge >= 0.3 is 0 Å². The molecule has 1 unspecified atom stereocenters. The number of imidazole rings is 1. The molecule has 0 bridgehead atoms. The van der Waals surface area contributed by atoms with E-state index in [-0.39, 0.29) is 0 Å². The van der Waals surface area contributed by atoms with Gasteiger partial charge in [0.25, 0.3) is 0 Å². The average Bonchev–Trinajstić information content (AvgIpc) is 2.91. The molecule has 0 amide bonds. The lowest BCUT2D eigenvalue weighted by Gasteiger charge is -2.19. The summed E-state index contributed by atoms with van der Waals surface area (Å²) in [6, 6.07) is 9.15. The molecule has 0 spiro atoms. The smallest absolute Gasteiger partial charge is 0.110 e. The molecule has 3 heteroatoms. The molecule has 0 saturated heterocycles. The lowest BCUT2D eigenvalue weighted by Crippen LogP contribution is -2.25. The van der Waals surface area contributed by atoms with E-state index >= 15 is 0 Å². The second-order valence-electron chi connectivity index (χ2n) is 5.25. The van der Waals surface area contributed by atoms with Crippen LogP contribution in [0.3, 0.4) is 0 Å². The molecule has 0 radical (unpaired) electrons. The zero-order chi connectivity index (χ0) is 14.4. The minimum absolute atomic E-state index is 0.336. The van der Waals surface area contributed by atoms with Crippen LogP contribution in [0.25, 0.3) is 0 Å². The van der Waals surface area contributed by atoms with Crippen LogP contribution in [0.15, 0.2) is 36.7 Å². The standard InChI is InChI=1S/C17H25N3/c1-4-10-18-16(15-8-6-14(3)7-9-15)13-17-19-11-12-20(17)5-2/h6-9,11-12,16,18H,4-5,10,13H2,1-3H3. The first-order valence-corrected chi connectivity index (χ1v) is 7.54. The average molecular weight is 271 g/mol. The van der Waals surface area contributed by atoms with Crippen molar-refractivity contribution in [2.75, 3.05) is 6.54 Å². The molecule has 0 aliphatic rings. The summed E-state index contributed by atoms with van der Waals surface area (Å²) in [5.74, 6) is 1.15. The van der Waals surface area contributed by atoms with Crippen molar-refractivity contribution in [2.24, 2.45) is 0 Å². The Kier molecular flexibility index (Phi) is 5.36. The Balaban J connectivity index is 2.17. The molecule has 108 valence electrons. The topological polar surface area (TPSA) is 29.9 Å². The lowest BCUT2D eigenvalue weighted by atomic mass is 10.0. The summed E-state index contributed by atoms with van der Waals surface area (Å²) in [7, 11) is 0. The summed E-state index contributed by atoms with van der Waals surface area (Å²) in [4.78, 5) is 4.50. The fourth-order valence-corrected chi connectivity index (χ4v) is 2.43. The monoisotopic (exact) mass is 271 g/mol. The molecule has 1 aromatic carbocycles. The van der Waals surface area contributed by atoms with Crippen molar-refractivity contribution in [1.82, 2.24) is 14.9 Å². The second-order valence-corrected chi connectivity index (χ2v) is 5.25. The van der Waals surface area contributed by atoms with Gasteiger partial charge < -0.3 is 9.88 Å². The summed E-state index contributed by atoms with van der Waals surface area (Å²) >= 11 is 0. The van der Waals surface area contributed by atoms with E-state index in [1.807, 2.05) is 6.20 Å². The zero-order valence-electron chi connectivity index (χ0n) is 12.8. The molecule has 1 N–H and O–H groups in total. The van der Waals surface area contributed by atoms with Crippen molar-refractivity contribution >= 4 is 0 Å². The molecule has 0 aliphatic heterocycles. The highest BCUT2D eigenvalue weighted by Crippen LogP contribution is 2.18. The van der Waals surface area contributed by atoms with Gasteiger partial charge in [0.2, 0.25) is 0 Å². The summed E-state index contributed by atoms with van der Waals surface area (Å²) in [6.07, 6.45) is 6.03. The first-order valence-electron chi connectivity index (χ1n) is 7.54. The van der Waals surface area contributed by atoms with Crippen LogP contribution in [-0.2, 0) is 13.0 Å². The first-order chi connectivity index (χ1) is 9.74. The third-order valence-corrected chi connectivity index (χ3v) is 3.65. The van der Waals surface area contributed by atoms with Crippen LogP contribution in [-0.4, -0.2) is 16.1 Å². The normalized spacial score (nSPS) is 12.6. The van der Waals surface area contributed by atoms with E-state index in [4.69, 9.17) is 0 Å². The Hall–Kier alpha value is -1.61. The zero-order valence-corrected chi connectivity index (χ0v) is 12.8. The molecule has 0 saturated carbocycles. The van der Waals surface area contributed by atoms with E-state index in [2.05, 4.69) is 66.1 Å². The third kappa shape index (κ3) is 3.70. The number of rotatable bonds is 7. The quantitative estimate of drug-likeness (QED) is 0.835. The van der Waals surface area contributed by atoms with Gasteiger partial charge in [-0.15, -0.1) is 0 Å². The van der Waals surface area contributed by atoms with Crippen LogP contribution in [0, 0.1) is 6.92 Å². The molecular weight excluding hydrogens is 246 g/mol. The predicted octanol–water partition coefficient (Wildman–Crippen LogP) is 3.49. The van der Waals surface area contributed by atoms with Crippen LogP contribution in [0.4, 0.5) is 0 Å². The Morgan fingerprint density at radius 2 is 1.95 bits per heavy atom. The Morgan fingerprint density at radius 1 is 1.20 bits per heavy atom. The van der Waals surface area contributed by atoms with Gasteiger partial charge in [-0.05, 0) is 32.4 Å². The molecule has 2 aromatic rings. The van der Waals surface area contributed by atoms with Crippen molar-refractivity contribution in [3.63, 3.8) is 0 Å². The fraction of sp³-hybridized carbons (Fsp3) is 0.471. The van der Waals surface area contributed by atoms with Crippen molar-refractivity contribution in [1.29, 1.82) is 0 Å². The number of benzene rings is 1. The predicted molar refractivity (Wildman–Crippen MR) is 83.8 cm³/mol. The van der Waals surface area contributed by atoms with Gasteiger partial charge in [0.1, 0.15) is 5.82 Å². The van der Waals surface area contributed by atoms with Gasteiger partial charge in [-0.25, -0.2) is 4.98 Å². The molecule has 3 nitrogen and oxygen atoms in total. The number of nitrogens with zero attached hydrogens (tertiary/aromatic N) is 2. The van der Waals surface area contributed by atoms with Gasteiger partial charge in [-0.3, -0.25) is 0 Å². The molecule has 2 rings (SSSR count). The number of aryl methyl sites for hydroxylation is 2. The van der Waals surface area contributed by atoms with E-state index in [1.54, 1.807) is 0 Å². The summed E-state index contributed by atoms with van der Waals surface area (Å²) in [6.45, 7) is 8.49. The van der Waals surface area contributed by atoms with Crippen LogP contribution < -0.4 is 5.32 Å². The minimum Gasteiger partial charge on any atom is -0.335 e. The molecule has 20 heavy (non-hydrogen) atoms. The highest BCUT2D eigenvalue weighted by Gasteiger charge is 2.14. The summed E-state index contributed by atoms with van der Waals surface area (Å²) in [5.41, 5.74) is 2.65. The van der Waals surface area contributed by atoms with Crippen molar-refractivity contribution in [3.05, 3.63) is 53.6 Å². The molecular formula is C17H25N3. The third-order valence-electron chi connectivity index (χ3n) is 3.65. The molecule has 0 fully saturated rings. The van der Waals surface area contributed by atoms with Crippen molar-refractivity contribution < 1.29 is 0 Å². The van der Waals surface area contributed by atoms with Crippen LogP contribution >= 0.6 is 0 Å². The van der Waals surface area contributed by atoms with E-state index in [0.717, 1.165) is 31.8 Å². The molecule has 1 atom stereocenters. The SMILES string of the molecule is CCCNC(Cc1nccn1CC)c1ccc(C)cc1. The van der Waals surface area contributed by atoms with E-state index < -0.39 is 0 Å². The summed E-state index contributed by atoms with van der Waals surface area (Å²) in [5, 5.41) is 3.64.